The molecule has 1 aliphatic heterocycles. The van der Waals surface area contributed by atoms with Gasteiger partial charge in [-0.3, -0.25) is 4.79 Å². The molecule has 2 N–H and O–H groups in total. The van der Waals surface area contributed by atoms with Gasteiger partial charge in [0, 0.05) is 5.75 Å². The zero-order valence-electron chi connectivity index (χ0n) is 13.5. The summed E-state index contributed by atoms with van der Waals surface area (Å²) in [4.78, 5) is 23.6. The van der Waals surface area contributed by atoms with Gasteiger partial charge in [0.25, 0.3) is 0 Å². The highest BCUT2D eigenvalue weighted by atomic mass is 32.2. The van der Waals surface area contributed by atoms with Crippen LogP contribution in [0.4, 0.5) is 0 Å². The molecule has 1 aromatic rings. The van der Waals surface area contributed by atoms with E-state index in [1.54, 1.807) is 11.8 Å². The van der Waals surface area contributed by atoms with Gasteiger partial charge in [-0.2, -0.15) is 11.8 Å². The van der Waals surface area contributed by atoms with Crippen molar-refractivity contribution in [2.24, 2.45) is 5.92 Å². The van der Waals surface area contributed by atoms with Crippen LogP contribution < -0.4 is 10.1 Å². The summed E-state index contributed by atoms with van der Waals surface area (Å²) in [5, 5.41) is 12.1. The number of hydrogen-bond donors (Lipinski definition) is 2. The molecule has 1 aliphatic rings. The predicted molar refractivity (Wildman–Crippen MR) is 90.9 cm³/mol. The van der Waals surface area contributed by atoms with E-state index in [2.05, 4.69) is 19.2 Å². The third-order valence-electron chi connectivity index (χ3n) is 3.68. The van der Waals surface area contributed by atoms with E-state index >= 15 is 0 Å². The molecule has 0 spiro atoms. The van der Waals surface area contributed by atoms with Gasteiger partial charge in [-0.15, -0.1) is 0 Å². The minimum absolute atomic E-state index is 0.171. The van der Waals surface area contributed by atoms with E-state index in [9.17, 15) is 14.7 Å². The number of aliphatic carboxylic acids is 1. The number of hydrogen-bond acceptors (Lipinski definition) is 4. The molecule has 0 bridgehead atoms. The van der Waals surface area contributed by atoms with E-state index in [1.165, 1.54) is 0 Å². The van der Waals surface area contributed by atoms with E-state index in [1.807, 2.05) is 24.3 Å². The van der Waals surface area contributed by atoms with Crippen LogP contribution in [0.5, 0.6) is 5.75 Å². The lowest BCUT2D eigenvalue weighted by Gasteiger charge is -2.24. The van der Waals surface area contributed by atoms with Crippen molar-refractivity contribution in [3.8, 4) is 5.75 Å². The second-order valence-electron chi connectivity index (χ2n) is 6.26. The van der Waals surface area contributed by atoms with Crippen molar-refractivity contribution in [3.63, 3.8) is 0 Å². The lowest BCUT2D eigenvalue weighted by Crippen LogP contribution is -2.55. The minimum atomic E-state index is -1.11. The van der Waals surface area contributed by atoms with E-state index in [4.69, 9.17) is 4.74 Å². The molecule has 126 valence electrons. The number of benzene rings is 1. The summed E-state index contributed by atoms with van der Waals surface area (Å²) in [5.41, 5.74) is -0.271. The van der Waals surface area contributed by atoms with Crippen molar-refractivity contribution in [1.29, 1.82) is 0 Å². The number of carbonyl (C=O) groups is 2. The Bertz CT molecular complexity index is 550. The van der Waals surface area contributed by atoms with Crippen LogP contribution in [0.15, 0.2) is 24.3 Å². The average Bonchev–Trinajstić information content (AvgIpc) is 2.96. The minimum Gasteiger partial charge on any atom is -0.493 e. The van der Waals surface area contributed by atoms with Gasteiger partial charge in [0.15, 0.2) is 0 Å². The van der Waals surface area contributed by atoms with Gasteiger partial charge in [-0.05, 0) is 35.8 Å². The molecule has 1 atom stereocenters. The molecular weight excluding hydrogens is 314 g/mol. The third kappa shape index (κ3) is 4.89. The number of thioether (sulfide) groups is 1. The van der Waals surface area contributed by atoms with Crippen LogP contribution in [-0.4, -0.2) is 40.6 Å². The molecule has 0 aromatic heterocycles. The Kier molecular flexibility index (Phi) is 5.93. The molecule has 0 radical (unpaired) electrons. The number of amides is 1. The highest BCUT2D eigenvalue weighted by Gasteiger charge is 2.43. The van der Waals surface area contributed by atoms with Gasteiger partial charge in [0.2, 0.25) is 5.91 Å². The summed E-state index contributed by atoms with van der Waals surface area (Å²) < 4.78 is 5.60. The summed E-state index contributed by atoms with van der Waals surface area (Å²) in [6.07, 6.45) is 0.644. The number of ether oxygens (including phenoxy) is 1. The highest BCUT2D eigenvalue weighted by molar-refractivity contribution is 7.99. The quantitative estimate of drug-likeness (QED) is 0.799. The fourth-order valence-electron chi connectivity index (χ4n) is 2.35. The van der Waals surface area contributed by atoms with Crippen molar-refractivity contribution >= 4 is 23.6 Å². The maximum absolute atomic E-state index is 12.2. The summed E-state index contributed by atoms with van der Waals surface area (Å²) in [7, 11) is 0. The standard InChI is InChI=1S/C17H23NO4S/c1-12(2)10-22-14-5-3-13(4-6-14)9-15(19)18-17(16(20)21)7-8-23-11-17/h3-6,12H,7-11H2,1-2H3,(H,18,19)(H,20,21). The van der Waals surface area contributed by atoms with Crippen LogP contribution in [0.25, 0.3) is 0 Å². The average molecular weight is 337 g/mol. The van der Waals surface area contributed by atoms with Crippen LogP contribution in [-0.2, 0) is 16.0 Å². The summed E-state index contributed by atoms with van der Waals surface area (Å²) in [5.74, 6) is 1.21. The van der Waals surface area contributed by atoms with Crippen LogP contribution in [0, 0.1) is 5.92 Å². The molecule has 1 aromatic carbocycles. The van der Waals surface area contributed by atoms with E-state index < -0.39 is 11.5 Å². The highest BCUT2D eigenvalue weighted by Crippen LogP contribution is 2.28. The third-order valence-corrected chi connectivity index (χ3v) is 4.87. The molecule has 5 nitrogen and oxygen atoms in total. The van der Waals surface area contributed by atoms with Crippen molar-refractivity contribution < 1.29 is 19.4 Å². The fourth-order valence-corrected chi connectivity index (χ4v) is 3.67. The van der Waals surface area contributed by atoms with Gasteiger partial charge in [-0.1, -0.05) is 26.0 Å². The van der Waals surface area contributed by atoms with Crippen LogP contribution in [0.1, 0.15) is 25.8 Å². The molecule has 23 heavy (non-hydrogen) atoms. The van der Waals surface area contributed by atoms with E-state index in [-0.39, 0.29) is 12.3 Å². The van der Waals surface area contributed by atoms with E-state index in [0.717, 1.165) is 17.1 Å². The fraction of sp³-hybridized carbons (Fsp3) is 0.529. The predicted octanol–water partition coefficient (Wildman–Crippen LogP) is 2.34. The number of nitrogens with one attached hydrogen (secondary N) is 1. The summed E-state index contributed by atoms with van der Waals surface area (Å²) in [6.45, 7) is 4.81. The monoisotopic (exact) mass is 337 g/mol. The smallest absolute Gasteiger partial charge is 0.330 e. The molecular formula is C17H23NO4S. The van der Waals surface area contributed by atoms with Crippen LogP contribution >= 0.6 is 11.8 Å². The van der Waals surface area contributed by atoms with Gasteiger partial charge < -0.3 is 15.2 Å². The first-order valence-electron chi connectivity index (χ1n) is 7.75. The van der Waals surface area contributed by atoms with Gasteiger partial charge >= 0.3 is 5.97 Å². The lowest BCUT2D eigenvalue weighted by molar-refractivity contribution is -0.146. The molecule has 2 rings (SSSR count). The van der Waals surface area contributed by atoms with Crippen molar-refractivity contribution in [2.45, 2.75) is 32.2 Å². The molecule has 1 amide bonds. The molecule has 1 heterocycles. The second kappa shape index (κ2) is 7.73. The lowest BCUT2D eigenvalue weighted by atomic mass is 9.98. The van der Waals surface area contributed by atoms with Crippen molar-refractivity contribution in [2.75, 3.05) is 18.1 Å². The Hall–Kier alpha value is -1.69. The van der Waals surface area contributed by atoms with Gasteiger partial charge in [0.05, 0.1) is 13.0 Å². The zero-order chi connectivity index (χ0) is 16.9. The molecule has 1 fully saturated rings. The van der Waals surface area contributed by atoms with Crippen LogP contribution in [0.2, 0.25) is 0 Å². The Balaban J connectivity index is 1.91. The van der Waals surface area contributed by atoms with Gasteiger partial charge in [-0.25, -0.2) is 4.79 Å². The van der Waals surface area contributed by atoms with E-state index in [0.29, 0.717) is 24.7 Å². The summed E-state index contributed by atoms with van der Waals surface area (Å²) in [6, 6.07) is 7.35. The number of carboxylic acid groups (broad SMARTS) is 1. The topological polar surface area (TPSA) is 75.6 Å². The Morgan fingerprint density at radius 1 is 1.35 bits per heavy atom. The van der Waals surface area contributed by atoms with Gasteiger partial charge in [0.1, 0.15) is 11.3 Å². The van der Waals surface area contributed by atoms with Crippen molar-refractivity contribution in [3.05, 3.63) is 29.8 Å². The summed E-state index contributed by atoms with van der Waals surface area (Å²) >= 11 is 1.56. The molecule has 6 heteroatoms. The first-order chi connectivity index (χ1) is 10.9. The first kappa shape index (κ1) is 17.7. The molecule has 1 saturated heterocycles. The largest absolute Gasteiger partial charge is 0.493 e. The number of carbonyl (C=O) groups excluding carboxylic acids is 1. The zero-order valence-corrected chi connectivity index (χ0v) is 14.3. The first-order valence-corrected chi connectivity index (χ1v) is 8.91. The Labute approximate surface area is 140 Å². The molecule has 1 unspecified atom stereocenters. The second-order valence-corrected chi connectivity index (χ2v) is 7.37. The Morgan fingerprint density at radius 2 is 2.04 bits per heavy atom. The molecule has 0 aliphatic carbocycles. The number of carboxylic acids is 1. The number of rotatable bonds is 7. The maximum atomic E-state index is 12.2. The SMILES string of the molecule is CC(C)COc1ccc(CC(=O)NC2(C(=O)O)CCSC2)cc1. The Morgan fingerprint density at radius 3 is 2.57 bits per heavy atom. The molecule has 0 saturated carbocycles. The van der Waals surface area contributed by atoms with Crippen molar-refractivity contribution in [1.82, 2.24) is 5.32 Å². The normalized spacial score (nSPS) is 20.5. The maximum Gasteiger partial charge on any atom is 0.330 e. The van der Waals surface area contributed by atoms with Crippen LogP contribution in [0.3, 0.4) is 0 Å².